The number of rotatable bonds is 6. The van der Waals surface area contributed by atoms with Crippen molar-refractivity contribution in [3.8, 4) is 11.5 Å². The molecule has 0 bridgehead atoms. The van der Waals surface area contributed by atoms with Crippen molar-refractivity contribution >= 4 is 5.91 Å². The van der Waals surface area contributed by atoms with Crippen molar-refractivity contribution in [3.63, 3.8) is 0 Å². The zero-order valence-corrected chi connectivity index (χ0v) is 12.2. The molecule has 1 fully saturated rings. The lowest BCUT2D eigenvalue weighted by molar-refractivity contribution is -0.125. The zero-order chi connectivity index (χ0) is 14.4. The number of ether oxygens (including phenoxy) is 2. The normalized spacial score (nSPS) is 16.7. The summed E-state index contributed by atoms with van der Waals surface area (Å²) in [7, 11) is 1.62. The molecular weight excluding hydrogens is 254 g/mol. The minimum atomic E-state index is -0.00647. The van der Waals surface area contributed by atoms with Gasteiger partial charge in [0.1, 0.15) is 6.61 Å². The number of amides is 1. The number of benzene rings is 1. The molecule has 1 N–H and O–H groups in total. The fraction of sp³-hybridized carbons (Fsp3) is 0.562. The predicted octanol–water partition coefficient (Wildman–Crippen LogP) is 2.77. The highest BCUT2D eigenvalue weighted by Crippen LogP contribution is 2.26. The summed E-state index contributed by atoms with van der Waals surface area (Å²) in [5, 5.41) is 3.02. The molecule has 20 heavy (non-hydrogen) atoms. The minimum Gasteiger partial charge on any atom is -0.493 e. The van der Waals surface area contributed by atoms with Crippen LogP contribution in [-0.2, 0) is 4.79 Å². The Kier molecular flexibility index (Phi) is 5.27. The van der Waals surface area contributed by atoms with Gasteiger partial charge in [0.05, 0.1) is 13.2 Å². The Balaban J connectivity index is 1.79. The molecule has 0 saturated heterocycles. The van der Waals surface area contributed by atoms with Crippen LogP contribution < -0.4 is 14.8 Å². The van der Waals surface area contributed by atoms with Gasteiger partial charge in [0.25, 0.3) is 0 Å². The number of methoxy groups -OCH3 is 1. The molecular formula is C16H23NO3. The lowest BCUT2D eigenvalue weighted by Crippen LogP contribution is -2.39. The van der Waals surface area contributed by atoms with Gasteiger partial charge >= 0.3 is 0 Å². The largest absolute Gasteiger partial charge is 0.493 e. The second-order valence-corrected chi connectivity index (χ2v) is 5.35. The maximum atomic E-state index is 12.0. The third kappa shape index (κ3) is 3.89. The van der Waals surface area contributed by atoms with Gasteiger partial charge in [-0.1, -0.05) is 25.0 Å². The van der Waals surface area contributed by atoms with Crippen molar-refractivity contribution < 1.29 is 14.3 Å². The first kappa shape index (κ1) is 14.7. The molecule has 0 unspecified atom stereocenters. The highest BCUT2D eigenvalue weighted by molar-refractivity contribution is 5.79. The molecule has 1 aromatic rings. The Hall–Kier alpha value is -1.71. The van der Waals surface area contributed by atoms with E-state index >= 15 is 0 Å². The maximum absolute atomic E-state index is 12.0. The summed E-state index contributed by atoms with van der Waals surface area (Å²) in [5.74, 6) is 1.78. The van der Waals surface area contributed by atoms with Gasteiger partial charge in [-0.3, -0.25) is 4.79 Å². The Morgan fingerprint density at radius 1 is 1.30 bits per heavy atom. The number of carbonyl (C=O) groups excluding carboxylic acids is 1. The third-order valence-corrected chi connectivity index (χ3v) is 3.67. The summed E-state index contributed by atoms with van der Waals surface area (Å²) in [5.41, 5.74) is 0. The van der Waals surface area contributed by atoms with E-state index in [2.05, 4.69) is 5.32 Å². The van der Waals surface area contributed by atoms with Gasteiger partial charge in [0.15, 0.2) is 11.5 Å². The molecule has 110 valence electrons. The number of para-hydroxylation sites is 2. The van der Waals surface area contributed by atoms with Crippen molar-refractivity contribution in [1.29, 1.82) is 0 Å². The van der Waals surface area contributed by atoms with Crippen LogP contribution in [0.2, 0.25) is 0 Å². The molecule has 4 nitrogen and oxygen atoms in total. The highest BCUT2D eigenvalue weighted by atomic mass is 16.5. The summed E-state index contributed by atoms with van der Waals surface area (Å²) in [4.78, 5) is 12.0. The lowest BCUT2D eigenvalue weighted by Gasteiger charge is -2.18. The molecule has 1 aliphatic rings. The molecule has 0 heterocycles. The zero-order valence-electron chi connectivity index (χ0n) is 12.2. The standard InChI is InChI=1S/C16H23NO3/c1-12(17-16(18)13-7-3-4-8-13)11-20-15-10-6-5-9-14(15)19-2/h5-6,9-10,12-13H,3-4,7-8,11H2,1-2H3,(H,17,18)/t12-/m1/s1. The number of carbonyl (C=O) groups is 1. The van der Waals surface area contributed by atoms with Crippen LogP contribution in [0.15, 0.2) is 24.3 Å². The Labute approximate surface area is 120 Å². The number of hydrogen-bond donors (Lipinski definition) is 1. The maximum Gasteiger partial charge on any atom is 0.223 e. The summed E-state index contributed by atoms with van der Waals surface area (Å²) in [6, 6.07) is 7.52. The van der Waals surface area contributed by atoms with Gasteiger partial charge in [-0.25, -0.2) is 0 Å². The van der Waals surface area contributed by atoms with Crippen LogP contribution in [-0.4, -0.2) is 25.7 Å². The molecule has 0 radical (unpaired) electrons. The van der Waals surface area contributed by atoms with E-state index in [9.17, 15) is 4.79 Å². The van der Waals surface area contributed by atoms with Crippen LogP contribution in [0.5, 0.6) is 11.5 Å². The second kappa shape index (κ2) is 7.17. The molecule has 1 amide bonds. The van der Waals surface area contributed by atoms with E-state index in [-0.39, 0.29) is 17.9 Å². The summed E-state index contributed by atoms with van der Waals surface area (Å²) < 4.78 is 10.9. The van der Waals surface area contributed by atoms with Crippen LogP contribution >= 0.6 is 0 Å². The summed E-state index contributed by atoms with van der Waals surface area (Å²) in [6.07, 6.45) is 4.38. The van der Waals surface area contributed by atoms with Crippen LogP contribution in [0.1, 0.15) is 32.6 Å². The molecule has 1 atom stereocenters. The first-order valence-corrected chi connectivity index (χ1v) is 7.27. The first-order valence-electron chi connectivity index (χ1n) is 7.27. The topological polar surface area (TPSA) is 47.6 Å². The Morgan fingerprint density at radius 2 is 1.95 bits per heavy atom. The average molecular weight is 277 g/mol. The fourth-order valence-corrected chi connectivity index (χ4v) is 2.54. The average Bonchev–Trinajstić information content (AvgIpc) is 2.99. The Morgan fingerprint density at radius 3 is 2.60 bits per heavy atom. The summed E-state index contributed by atoms with van der Waals surface area (Å²) in [6.45, 7) is 2.40. The molecule has 0 aromatic heterocycles. The number of hydrogen-bond acceptors (Lipinski definition) is 3. The van der Waals surface area contributed by atoms with Crippen LogP contribution in [0.25, 0.3) is 0 Å². The smallest absolute Gasteiger partial charge is 0.223 e. The van der Waals surface area contributed by atoms with Crippen molar-refractivity contribution in [1.82, 2.24) is 5.32 Å². The molecule has 1 aromatic carbocycles. The molecule has 1 aliphatic carbocycles. The summed E-state index contributed by atoms with van der Waals surface area (Å²) >= 11 is 0. The third-order valence-electron chi connectivity index (χ3n) is 3.67. The highest BCUT2D eigenvalue weighted by Gasteiger charge is 2.23. The van der Waals surface area contributed by atoms with E-state index in [1.54, 1.807) is 7.11 Å². The molecule has 0 spiro atoms. The SMILES string of the molecule is COc1ccccc1OC[C@@H](C)NC(=O)C1CCCC1. The first-order chi connectivity index (χ1) is 9.70. The Bertz CT molecular complexity index is 441. The van der Waals surface area contributed by atoms with E-state index in [4.69, 9.17) is 9.47 Å². The van der Waals surface area contributed by atoms with Gasteiger partial charge in [0.2, 0.25) is 5.91 Å². The van der Waals surface area contributed by atoms with Crippen molar-refractivity contribution in [2.75, 3.05) is 13.7 Å². The molecule has 1 saturated carbocycles. The molecule has 0 aliphatic heterocycles. The fourth-order valence-electron chi connectivity index (χ4n) is 2.54. The molecule has 4 heteroatoms. The lowest BCUT2D eigenvalue weighted by atomic mass is 10.1. The van der Waals surface area contributed by atoms with E-state index in [1.807, 2.05) is 31.2 Å². The van der Waals surface area contributed by atoms with Gasteiger partial charge in [-0.05, 0) is 31.9 Å². The van der Waals surface area contributed by atoms with Crippen molar-refractivity contribution in [3.05, 3.63) is 24.3 Å². The minimum absolute atomic E-state index is 0.00647. The predicted molar refractivity (Wildman–Crippen MR) is 78.1 cm³/mol. The quantitative estimate of drug-likeness (QED) is 0.869. The van der Waals surface area contributed by atoms with Gasteiger partial charge in [-0.2, -0.15) is 0 Å². The van der Waals surface area contributed by atoms with Crippen LogP contribution in [0.3, 0.4) is 0 Å². The van der Waals surface area contributed by atoms with E-state index in [0.717, 1.165) is 12.8 Å². The second-order valence-electron chi connectivity index (χ2n) is 5.35. The van der Waals surface area contributed by atoms with Crippen molar-refractivity contribution in [2.45, 2.75) is 38.6 Å². The van der Waals surface area contributed by atoms with E-state index in [1.165, 1.54) is 12.8 Å². The van der Waals surface area contributed by atoms with Gasteiger partial charge < -0.3 is 14.8 Å². The van der Waals surface area contributed by atoms with Gasteiger partial charge in [-0.15, -0.1) is 0 Å². The monoisotopic (exact) mass is 277 g/mol. The number of nitrogens with one attached hydrogen (secondary N) is 1. The van der Waals surface area contributed by atoms with Crippen molar-refractivity contribution in [2.24, 2.45) is 5.92 Å². The van der Waals surface area contributed by atoms with Crippen LogP contribution in [0.4, 0.5) is 0 Å². The van der Waals surface area contributed by atoms with E-state index in [0.29, 0.717) is 18.1 Å². The van der Waals surface area contributed by atoms with E-state index < -0.39 is 0 Å². The van der Waals surface area contributed by atoms with Crippen LogP contribution in [0, 0.1) is 5.92 Å². The van der Waals surface area contributed by atoms with Gasteiger partial charge in [0, 0.05) is 5.92 Å². The molecule has 2 rings (SSSR count).